The number of nitrogens with zero attached hydrogens (tertiary/aromatic N) is 2. The van der Waals surface area contributed by atoms with Gasteiger partial charge in [-0.25, -0.2) is 0 Å². The lowest BCUT2D eigenvalue weighted by Gasteiger charge is -2.42. The average molecular weight is 623 g/mol. The number of phenols is 1. The highest BCUT2D eigenvalue weighted by Gasteiger charge is 2.58. The van der Waals surface area contributed by atoms with E-state index >= 15 is 0 Å². The van der Waals surface area contributed by atoms with Gasteiger partial charge in [0.05, 0.1) is 26.1 Å². The normalized spacial score (nSPS) is 26.8. The van der Waals surface area contributed by atoms with Crippen molar-refractivity contribution in [1.82, 2.24) is 9.80 Å². The first-order valence-corrected chi connectivity index (χ1v) is 16.0. The monoisotopic (exact) mass is 622 g/mol. The lowest BCUT2D eigenvalue weighted by Crippen LogP contribution is -2.47. The maximum atomic E-state index is 14.3. The number of rotatable bonds is 6. The molecule has 0 spiro atoms. The maximum absolute atomic E-state index is 14.3. The first-order valence-electron chi connectivity index (χ1n) is 16.0. The zero-order valence-electron chi connectivity index (χ0n) is 26.3. The van der Waals surface area contributed by atoms with E-state index in [0.717, 1.165) is 25.2 Å². The van der Waals surface area contributed by atoms with Crippen molar-refractivity contribution in [2.75, 3.05) is 27.3 Å². The number of allylic oxidation sites excluding steroid dienone is 6. The SMILES string of the molecule is COc1cc(O)c(C2C3=CCC4C(=O)N(C5CCN(Cc6ccccc6)CC5)C(=O)C4C3CC3=C2C(=O)C(C)=CC3=O)c(OC)c1. The summed E-state index contributed by atoms with van der Waals surface area (Å²) in [4.78, 5) is 59.4. The molecule has 9 heteroatoms. The summed E-state index contributed by atoms with van der Waals surface area (Å²) in [6.45, 7) is 4.02. The Labute approximate surface area is 268 Å². The van der Waals surface area contributed by atoms with Crippen LogP contribution < -0.4 is 9.47 Å². The number of carbonyl (C=O) groups is 4. The highest BCUT2D eigenvalue weighted by atomic mass is 16.5. The number of ether oxygens (including phenoxy) is 2. The van der Waals surface area contributed by atoms with Gasteiger partial charge in [-0.15, -0.1) is 0 Å². The first-order chi connectivity index (χ1) is 22.2. The van der Waals surface area contributed by atoms with Crippen LogP contribution in [-0.2, 0) is 25.7 Å². The van der Waals surface area contributed by atoms with Crippen LogP contribution in [0.25, 0.3) is 0 Å². The van der Waals surface area contributed by atoms with E-state index < -0.39 is 23.7 Å². The van der Waals surface area contributed by atoms with Crippen molar-refractivity contribution >= 4 is 23.4 Å². The molecule has 0 radical (unpaired) electrons. The topological polar surface area (TPSA) is 113 Å². The number of Topliss-reactive ketones (excluding diaryl/α,β-unsaturated/α-hetero) is 1. The zero-order valence-corrected chi connectivity index (χ0v) is 26.3. The van der Waals surface area contributed by atoms with Crippen LogP contribution in [0.15, 0.2) is 76.9 Å². The fraction of sp³-hybridized carbons (Fsp3) is 0.405. The standard InChI is InChI=1S/C37H38N2O7/c1-20-15-28(40)27-18-26-24(32(33(27)35(20)42)34-29(41)16-23(45-2)17-30(34)46-3)9-10-25-31(26)37(44)39(36(25)43)22-11-13-38(14-12-22)19-21-7-5-4-6-8-21/h4-9,15-17,22,25-26,31-32,41H,10-14,18-19H2,1-3H3. The molecule has 7 rings (SSSR count). The van der Waals surface area contributed by atoms with E-state index in [-0.39, 0.29) is 41.6 Å². The largest absolute Gasteiger partial charge is 0.507 e. The average Bonchev–Trinajstić information content (AvgIpc) is 3.32. The number of amides is 2. The summed E-state index contributed by atoms with van der Waals surface area (Å²) >= 11 is 0. The van der Waals surface area contributed by atoms with Crippen LogP contribution in [0, 0.1) is 17.8 Å². The molecule has 0 bridgehead atoms. The summed E-state index contributed by atoms with van der Waals surface area (Å²) in [6, 6.07) is 13.2. The lowest BCUT2D eigenvalue weighted by atomic mass is 9.59. The van der Waals surface area contributed by atoms with Gasteiger partial charge >= 0.3 is 0 Å². The van der Waals surface area contributed by atoms with E-state index in [1.54, 1.807) is 13.0 Å². The third kappa shape index (κ3) is 4.80. The second-order valence-electron chi connectivity index (χ2n) is 13.0. The Bertz CT molecular complexity index is 1730. The maximum Gasteiger partial charge on any atom is 0.233 e. The minimum Gasteiger partial charge on any atom is -0.507 e. The van der Waals surface area contributed by atoms with Gasteiger partial charge in [0.2, 0.25) is 11.8 Å². The number of benzene rings is 2. The number of piperidine rings is 1. The molecule has 0 saturated carbocycles. The van der Waals surface area contributed by atoms with Crippen molar-refractivity contribution in [2.24, 2.45) is 17.8 Å². The second kappa shape index (κ2) is 11.7. The van der Waals surface area contributed by atoms with E-state index in [4.69, 9.17) is 9.47 Å². The summed E-state index contributed by atoms with van der Waals surface area (Å²) in [5, 5.41) is 11.3. The summed E-state index contributed by atoms with van der Waals surface area (Å²) in [5.74, 6) is -2.79. The van der Waals surface area contributed by atoms with Gasteiger partial charge in [-0.1, -0.05) is 42.0 Å². The highest BCUT2D eigenvalue weighted by Crippen LogP contribution is 2.58. The molecule has 3 aliphatic carbocycles. The van der Waals surface area contributed by atoms with Crippen LogP contribution in [0.1, 0.15) is 49.7 Å². The first kappa shape index (κ1) is 30.2. The van der Waals surface area contributed by atoms with Gasteiger partial charge in [0.15, 0.2) is 11.6 Å². The molecule has 238 valence electrons. The van der Waals surface area contributed by atoms with Crippen molar-refractivity contribution in [3.8, 4) is 17.2 Å². The number of phenolic OH excluding ortho intramolecular Hbond substituents is 1. The number of likely N-dealkylation sites (tertiary alicyclic amines) is 2. The van der Waals surface area contributed by atoms with Crippen molar-refractivity contribution in [2.45, 2.75) is 51.1 Å². The van der Waals surface area contributed by atoms with E-state index in [1.165, 1.54) is 36.8 Å². The third-order valence-corrected chi connectivity index (χ3v) is 10.6. The van der Waals surface area contributed by atoms with E-state index in [2.05, 4.69) is 17.0 Å². The van der Waals surface area contributed by atoms with Crippen molar-refractivity contribution in [3.63, 3.8) is 0 Å². The van der Waals surface area contributed by atoms with Crippen molar-refractivity contribution < 1.29 is 33.8 Å². The number of carbonyl (C=O) groups excluding carboxylic acids is 4. The van der Waals surface area contributed by atoms with Gasteiger partial charge in [0.25, 0.3) is 0 Å². The Balaban J connectivity index is 1.22. The molecule has 46 heavy (non-hydrogen) atoms. The number of fused-ring (bicyclic) bond motifs is 3. The summed E-state index contributed by atoms with van der Waals surface area (Å²) < 4.78 is 11.1. The van der Waals surface area contributed by atoms with Gasteiger partial charge in [-0.2, -0.15) is 0 Å². The molecule has 2 aromatic rings. The molecule has 2 aromatic carbocycles. The number of imide groups is 1. The molecule has 9 nitrogen and oxygen atoms in total. The predicted octanol–water partition coefficient (Wildman–Crippen LogP) is 4.50. The molecule has 4 unspecified atom stereocenters. The molecule has 2 fully saturated rings. The number of aromatic hydroxyl groups is 1. The van der Waals surface area contributed by atoms with E-state index in [9.17, 15) is 24.3 Å². The summed E-state index contributed by atoms with van der Waals surface area (Å²) in [6.07, 6.45) is 5.28. The summed E-state index contributed by atoms with van der Waals surface area (Å²) in [5.41, 5.74) is 3.33. The molecule has 2 saturated heterocycles. The highest BCUT2D eigenvalue weighted by molar-refractivity contribution is 6.24. The molecule has 2 heterocycles. The van der Waals surface area contributed by atoms with Gasteiger partial charge < -0.3 is 14.6 Å². The Hall–Kier alpha value is -4.50. The minimum atomic E-state index is -0.811. The fourth-order valence-corrected chi connectivity index (χ4v) is 8.42. The zero-order chi connectivity index (χ0) is 32.3. The Kier molecular flexibility index (Phi) is 7.67. The molecular formula is C37H38N2O7. The third-order valence-electron chi connectivity index (χ3n) is 10.6. The Morgan fingerprint density at radius 3 is 2.37 bits per heavy atom. The van der Waals surface area contributed by atoms with Gasteiger partial charge in [0.1, 0.15) is 17.2 Å². The molecule has 0 aromatic heterocycles. The Morgan fingerprint density at radius 1 is 0.935 bits per heavy atom. The molecule has 1 N–H and O–H groups in total. The fourth-order valence-electron chi connectivity index (χ4n) is 8.42. The minimum absolute atomic E-state index is 0.137. The summed E-state index contributed by atoms with van der Waals surface area (Å²) in [7, 11) is 2.95. The van der Waals surface area contributed by atoms with Crippen LogP contribution >= 0.6 is 0 Å². The van der Waals surface area contributed by atoms with Crippen molar-refractivity contribution in [1.29, 1.82) is 0 Å². The van der Waals surface area contributed by atoms with Crippen LogP contribution in [0.2, 0.25) is 0 Å². The van der Waals surface area contributed by atoms with E-state index in [1.807, 2.05) is 24.3 Å². The van der Waals surface area contributed by atoms with Gasteiger partial charge in [-0.3, -0.25) is 29.0 Å². The van der Waals surface area contributed by atoms with Gasteiger partial charge in [-0.05, 0) is 50.2 Å². The lowest BCUT2D eigenvalue weighted by molar-refractivity contribution is -0.144. The van der Waals surface area contributed by atoms with Crippen LogP contribution in [0.4, 0.5) is 0 Å². The molecule has 5 aliphatic rings. The molecule has 2 aliphatic heterocycles. The number of methoxy groups -OCH3 is 2. The van der Waals surface area contributed by atoms with E-state index in [0.29, 0.717) is 53.0 Å². The number of hydrogen-bond donors (Lipinski definition) is 1. The molecular weight excluding hydrogens is 584 g/mol. The Morgan fingerprint density at radius 2 is 1.67 bits per heavy atom. The predicted molar refractivity (Wildman–Crippen MR) is 169 cm³/mol. The van der Waals surface area contributed by atoms with Crippen molar-refractivity contribution in [3.05, 3.63) is 88.0 Å². The quantitative estimate of drug-likeness (QED) is 0.285. The van der Waals surface area contributed by atoms with Crippen LogP contribution in [-0.4, -0.2) is 71.6 Å². The van der Waals surface area contributed by atoms with Crippen LogP contribution in [0.3, 0.4) is 0 Å². The van der Waals surface area contributed by atoms with Crippen LogP contribution in [0.5, 0.6) is 17.2 Å². The smallest absolute Gasteiger partial charge is 0.233 e. The van der Waals surface area contributed by atoms with Gasteiger partial charge in [0, 0.05) is 66.0 Å². The molecule has 2 amide bonds. The second-order valence-corrected chi connectivity index (χ2v) is 13.0. The molecule has 4 atom stereocenters. The number of hydrogen-bond acceptors (Lipinski definition) is 8. The number of ketones is 2.